The van der Waals surface area contributed by atoms with Crippen LogP contribution in [0.4, 0.5) is 4.39 Å². The molecule has 1 aromatic rings. The smallest absolute Gasteiger partial charge is 0.258 e. The molecule has 24 heavy (non-hydrogen) atoms. The van der Waals surface area contributed by atoms with Crippen LogP contribution < -0.4 is 0 Å². The first-order valence-corrected chi connectivity index (χ1v) is 8.17. The standard InChI is InChI=1S/C17H20ClFN2O3/c1-10-4-5-11(19)12(14(10)18)13-15(22)17(20(2)16(13)23)6-8-21(24-3)9-7-17/h4-5,22H,6-9H2,1-3H3. The van der Waals surface area contributed by atoms with Crippen molar-refractivity contribution in [2.45, 2.75) is 25.3 Å². The van der Waals surface area contributed by atoms with E-state index in [0.717, 1.165) is 0 Å². The number of nitrogens with zero attached hydrogens (tertiary/aromatic N) is 2. The number of benzene rings is 1. The molecule has 0 radical (unpaired) electrons. The molecule has 1 amide bonds. The second kappa shape index (κ2) is 6.02. The minimum Gasteiger partial charge on any atom is -0.509 e. The topological polar surface area (TPSA) is 53.0 Å². The van der Waals surface area contributed by atoms with E-state index in [1.807, 2.05) is 0 Å². The third-order valence-electron chi connectivity index (χ3n) is 5.18. The van der Waals surface area contributed by atoms with Gasteiger partial charge < -0.3 is 14.8 Å². The summed E-state index contributed by atoms with van der Waals surface area (Å²) in [7, 11) is 3.22. The molecule has 0 atom stereocenters. The van der Waals surface area contributed by atoms with Gasteiger partial charge in [0.1, 0.15) is 17.1 Å². The average Bonchev–Trinajstić information content (AvgIpc) is 2.75. The lowest BCUT2D eigenvalue weighted by atomic mass is 9.85. The molecular formula is C17H20ClFN2O3. The maximum Gasteiger partial charge on any atom is 0.258 e. The Labute approximate surface area is 145 Å². The summed E-state index contributed by atoms with van der Waals surface area (Å²) in [5.74, 6) is -1.12. The first kappa shape index (κ1) is 17.2. The maximum absolute atomic E-state index is 14.4. The highest BCUT2D eigenvalue weighted by molar-refractivity contribution is 6.36. The summed E-state index contributed by atoms with van der Waals surface area (Å²) in [5.41, 5.74) is -0.230. The van der Waals surface area contributed by atoms with E-state index in [4.69, 9.17) is 16.4 Å². The number of piperidine rings is 1. The van der Waals surface area contributed by atoms with Crippen LogP contribution in [-0.2, 0) is 9.63 Å². The molecular weight excluding hydrogens is 335 g/mol. The van der Waals surface area contributed by atoms with Crippen molar-refractivity contribution in [1.29, 1.82) is 0 Å². The molecule has 0 aliphatic carbocycles. The van der Waals surface area contributed by atoms with Crippen molar-refractivity contribution in [3.63, 3.8) is 0 Å². The quantitative estimate of drug-likeness (QED) is 0.887. The first-order chi connectivity index (χ1) is 11.3. The van der Waals surface area contributed by atoms with Crippen molar-refractivity contribution in [3.8, 4) is 0 Å². The Hall–Kier alpha value is -1.63. The monoisotopic (exact) mass is 354 g/mol. The Bertz CT molecular complexity index is 727. The van der Waals surface area contributed by atoms with Gasteiger partial charge in [-0.05, 0) is 31.4 Å². The molecule has 2 heterocycles. The fourth-order valence-electron chi connectivity index (χ4n) is 3.58. The van der Waals surface area contributed by atoms with Gasteiger partial charge in [-0.1, -0.05) is 17.7 Å². The van der Waals surface area contributed by atoms with Crippen LogP contribution in [0.2, 0.25) is 5.02 Å². The van der Waals surface area contributed by atoms with Crippen molar-refractivity contribution in [3.05, 3.63) is 39.9 Å². The molecule has 5 nitrogen and oxygen atoms in total. The van der Waals surface area contributed by atoms with Crippen molar-refractivity contribution in [2.24, 2.45) is 0 Å². The number of carbonyl (C=O) groups excluding carboxylic acids is 1. The third-order valence-corrected chi connectivity index (χ3v) is 5.67. The van der Waals surface area contributed by atoms with E-state index in [0.29, 0.717) is 31.5 Å². The number of rotatable bonds is 2. The molecule has 1 fully saturated rings. The molecule has 1 spiro atoms. The minimum absolute atomic E-state index is 0.0166. The lowest BCUT2D eigenvalue weighted by Gasteiger charge is -2.42. The molecule has 0 saturated carbocycles. The number of carbonyl (C=O) groups is 1. The minimum atomic E-state index is -0.832. The van der Waals surface area contributed by atoms with E-state index in [1.54, 1.807) is 32.2 Å². The van der Waals surface area contributed by atoms with E-state index in [-0.39, 0.29) is 21.9 Å². The van der Waals surface area contributed by atoms with Gasteiger partial charge in [0.25, 0.3) is 5.91 Å². The Morgan fingerprint density at radius 2 is 1.96 bits per heavy atom. The van der Waals surface area contributed by atoms with Crippen molar-refractivity contribution in [2.75, 3.05) is 27.2 Å². The highest BCUT2D eigenvalue weighted by atomic mass is 35.5. The number of hydroxylamine groups is 2. The fraction of sp³-hybridized carbons (Fsp3) is 0.471. The van der Waals surface area contributed by atoms with Crippen LogP contribution in [0.5, 0.6) is 0 Å². The number of aliphatic hydroxyl groups is 1. The van der Waals surface area contributed by atoms with Gasteiger partial charge in [-0.3, -0.25) is 4.79 Å². The number of amides is 1. The molecule has 3 rings (SSSR count). The summed E-state index contributed by atoms with van der Waals surface area (Å²) < 4.78 is 14.4. The van der Waals surface area contributed by atoms with Crippen molar-refractivity contribution >= 4 is 23.1 Å². The van der Waals surface area contributed by atoms with Gasteiger partial charge in [-0.15, -0.1) is 0 Å². The van der Waals surface area contributed by atoms with E-state index < -0.39 is 17.3 Å². The van der Waals surface area contributed by atoms with Gasteiger partial charge in [0, 0.05) is 25.7 Å². The lowest BCUT2D eigenvalue weighted by molar-refractivity contribution is -0.162. The molecule has 1 N–H and O–H groups in total. The van der Waals surface area contributed by atoms with E-state index in [9.17, 15) is 14.3 Å². The van der Waals surface area contributed by atoms with Crippen LogP contribution in [0.1, 0.15) is 24.0 Å². The molecule has 0 bridgehead atoms. The van der Waals surface area contributed by atoms with Crippen LogP contribution in [-0.4, -0.2) is 53.8 Å². The van der Waals surface area contributed by atoms with Crippen molar-refractivity contribution in [1.82, 2.24) is 9.96 Å². The SMILES string of the molecule is CON1CCC2(CC1)C(O)=C(c1c(F)ccc(C)c1Cl)C(=O)N2C. The summed E-state index contributed by atoms with van der Waals surface area (Å²) in [6.07, 6.45) is 1.01. The van der Waals surface area contributed by atoms with Gasteiger partial charge in [0.2, 0.25) is 0 Å². The lowest BCUT2D eigenvalue weighted by Crippen LogP contribution is -2.53. The fourth-order valence-corrected chi connectivity index (χ4v) is 3.82. The van der Waals surface area contributed by atoms with E-state index in [2.05, 4.69) is 0 Å². The number of likely N-dealkylation sites (N-methyl/N-ethyl adjacent to an activating group) is 1. The number of halogens is 2. The van der Waals surface area contributed by atoms with Crippen LogP contribution in [0.25, 0.3) is 5.57 Å². The molecule has 130 valence electrons. The molecule has 2 aliphatic rings. The van der Waals surface area contributed by atoms with Crippen molar-refractivity contribution < 1.29 is 19.1 Å². The highest BCUT2D eigenvalue weighted by Crippen LogP contribution is 2.46. The van der Waals surface area contributed by atoms with E-state index in [1.165, 1.54) is 11.0 Å². The van der Waals surface area contributed by atoms with Gasteiger partial charge >= 0.3 is 0 Å². The molecule has 1 saturated heterocycles. The number of hydrogen-bond donors (Lipinski definition) is 1. The van der Waals surface area contributed by atoms with Gasteiger partial charge in [-0.25, -0.2) is 4.39 Å². The Morgan fingerprint density at radius 3 is 2.54 bits per heavy atom. The molecule has 0 unspecified atom stereocenters. The highest BCUT2D eigenvalue weighted by Gasteiger charge is 2.52. The van der Waals surface area contributed by atoms with Gasteiger partial charge in [0.05, 0.1) is 17.7 Å². The maximum atomic E-state index is 14.4. The summed E-state index contributed by atoms with van der Waals surface area (Å²) >= 11 is 6.25. The van der Waals surface area contributed by atoms with Crippen LogP contribution >= 0.6 is 11.6 Å². The largest absolute Gasteiger partial charge is 0.509 e. The summed E-state index contributed by atoms with van der Waals surface area (Å²) in [4.78, 5) is 19.5. The van der Waals surface area contributed by atoms with Crippen LogP contribution in [0, 0.1) is 12.7 Å². The zero-order valence-corrected chi connectivity index (χ0v) is 14.7. The predicted octanol–water partition coefficient (Wildman–Crippen LogP) is 2.92. The van der Waals surface area contributed by atoms with Crippen LogP contribution in [0.15, 0.2) is 17.9 Å². The Balaban J connectivity index is 2.12. The zero-order valence-electron chi connectivity index (χ0n) is 13.9. The van der Waals surface area contributed by atoms with Gasteiger partial charge in [-0.2, -0.15) is 5.06 Å². The Morgan fingerprint density at radius 1 is 1.33 bits per heavy atom. The summed E-state index contributed by atoms with van der Waals surface area (Å²) in [6.45, 7) is 2.86. The summed E-state index contributed by atoms with van der Waals surface area (Å²) in [5, 5.41) is 12.8. The number of aliphatic hydroxyl groups excluding tert-OH is 1. The average molecular weight is 355 g/mol. The first-order valence-electron chi connectivity index (χ1n) is 7.79. The van der Waals surface area contributed by atoms with E-state index >= 15 is 0 Å². The third kappa shape index (κ3) is 2.32. The zero-order chi connectivity index (χ0) is 17.6. The van der Waals surface area contributed by atoms with Gasteiger partial charge in [0.15, 0.2) is 0 Å². The van der Waals surface area contributed by atoms with Crippen LogP contribution in [0.3, 0.4) is 0 Å². The second-order valence-corrected chi connectivity index (χ2v) is 6.66. The number of aryl methyl sites for hydroxylation is 1. The molecule has 0 aromatic heterocycles. The number of hydrogen-bond acceptors (Lipinski definition) is 4. The molecule has 2 aliphatic heterocycles. The second-order valence-electron chi connectivity index (χ2n) is 6.28. The molecule has 1 aromatic carbocycles. The summed E-state index contributed by atoms with van der Waals surface area (Å²) in [6, 6.07) is 2.82. The Kier molecular flexibility index (Phi) is 4.32. The normalized spacial score (nSPS) is 21.2. The predicted molar refractivity (Wildman–Crippen MR) is 89.0 cm³/mol. The molecule has 7 heteroatoms.